The molecule has 0 fully saturated rings. The Morgan fingerprint density at radius 3 is 1.88 bits per heavy atom. The molecule has 17 heavy (non-hydrogen) atoms. The first-order valence-electron chi connectivity index (χ1n) is 5.74. The van der Waals surface area contributed by atoms with E-state index in [1.54, 1.807) is 0 Å². The van der Waals surface area contributed by atoms with E-state index in [1.165, 1.54) is 33.4 Å². The van der Waals surface area contributed by atoms with Crippen molar-refractivity contribution in [3.8, 4) is 11.1 Å². The van der Waals surface area contributed by atoms with Crippen LogP contribution in [0.1, 0.15) is 22.3 Å². The second kappa shape index (κ2) is 5.86. The van der Waals surface area contributed by atoms with Crippen LogP contribution in [0.4, 0.5) is 0 Å². The molecule has 0 radical (unpaired) electrons. The summed E-state index contributed by atoms with van der Waals surface area (Å²) in [6, 6.07) is 12.9. The molecular weight excluding hydrogens is 215 g/mol. The summed E-state index contributed by atoms with van der Waals surface area (Å²) in [5.74, 6) is 0. The topological polar surface area (TPSA) is 0 Å². The third-order valence-electron chi connectivity index (χ3n) is 3.57. The third kappa shape index (κ3) is 2.82. The zero-order valence-electron chi connectivity index (χ0n) is 10.5. The Balaban J connectivity index is 0.00000144. The molecule has 0 aliphatic heterocycles. The number of aryl methyl sites for hydroxylation is 1. The predicted octanol–water partition coefficient (Wildman–Crippen LogP) is 3.94. The van der Waals surface area contributed by atoms with Crippen molar-refractivity contribution < 1.29 is 0 Å². The summed E-state index contributed by atoms with van der Waals surface area (Å²) in [6.45, 7) is 8.81. The van der Waals surface area contributed by atoms with Crippen LogP contribution in [0, 0.1) is 27.7 Å². The maximum absolute atomic E-state index is 2.30. The van der Waals surface area contributed by atoms with E-state index < -0.39 is 0 Å². The van der Waals surface area contributed by atoms with Crippen molar-refractivity contribution in [2.45, 2.75) is 27.7 Å². The number of rotatable bonds is 1. The molecule has 0 aliphatic rings. The summed E-state index contributed by atoms with van der Waals surface area (Å²) in [5.41, 5.74) is 8.28. The maximum atomic E-state index is 2.30. The molecule has 1 heteroatoms. The number of benzene rings is 2. The standard InChI is InChI=1S/C16H18.Na.H/c1-11-10-16(14(4)13(3)12(11)2)15-8-6-5-7-9-15;;/h5-10H,1-4H3;;. The van der Waals surface area contributed by atoms with Crippen LogP contribution >= 0.6 is 0 Å². The molecule has 2 aromatic carbocycles. The Hall–Kier alpha value is -0.560. The molecule has 0 aliphatic carbocycles. The molecule has 0 unspecified atom stereocenters. The molecular formula is C16H19Na. The fourth-order valence-corrected chi connectivity index (χ4v) is 2.13. The van der Waals surface area contributed by atoms with E-state index in [0.29, 0.717) is 0 Å². The van der Waals surface area contributed by atoms with E-state index >= 15 is 0 Å². The van der Waals surface area contributed by atoms with Crippen LogP contribution < -0.4 is 0 Å². The average Bonchev–Trinajstić information content (AvgIpc) is 2.32. The SMILES string of the molecule is Cc1cc(-c2ccccc2)c(C)c(C)c1C.[NaH]. The zero-order valence-corrected chi connectivity index (χ0v) is 10.5. The van der Waals surface area contributed by atoms with Gasteiger partial charge in [0.05, 0.1) is 0 Å². The Bertz CT molecular complexity index is 513. The van der Waals surface area contributed by atoms with Crippen molar-refractivity contribution in [1.29, 1.82) is 0 Å². The van der Waals surface area contributed by atoms with Crippen LogP contribution in [0.5, 0.6) is 0 Å². The number of hydrogen-bond donors (Lipinski definition) is 0. The first-order valence-corrected chi connectivity index (χ1v) is 5.74. The summed E-state index contributed by atoms with van der Waals surface area (Å²) in [4.78, 5) is 0. The first kappa shape index (κ1) is 14.5. The van der Waals surface area contributed by atoms with Crippen LogP contribution in [0.2, 0.25) is 0 Å². The Labute approximate surface area is 126 Å². The molecule has 0 aromatic heterocycles. The Kier molecular flexibility index (Phi) is 5.00. The monoisotopic (exact) mass is 234 g/mol. The molecule has 0 atom stereocenters. The molecule has 0 amide bonds. The van der Waals surface area contributed by atoms with Crippen LogP contribution in [-0.4, -0.2) is 29.6 Å². The molecule has 0 nitrogen and oxygen atoms in total. The molecule has 0 N–H and O–H groups in total. The summed E-state index contributed by atoms with van der Waals surface area (Å²) >= 11 is 0. The van der Waals surface area contributed by atoms with Crippen molar-refractivity contribution in [2.24, 2.45) is 0 Å². The van der Waals surface area contributed by atoms with Gasteiger partial charge >= 0.3 is 29.6 Å². The second-order valence-corrected chi connectivity index (χ2v) is 4.48. The molecule has 84 valence electrons. The third-order valence-corrected chi connectivity index (χ3v) is 3.57. The van der Waals surface area contributed by atoms with Crippen molar-refractivity contribution in [2.75, 3.05) is 0 Å². The minimum atomic E-state index is 0. The van der Waals surface area contributed by atoms with Gasteiger partial charge in [0.15, 0.2) is 0 Å². The van der Waals surface area contributed by atoms with E-state index in [1.807, 2.05) is 0 Å². The molecule has 0 spiro atoms. The normalized spacial score (nSPS) is 9.88. The molecule has 0 bridgehead atoms. The summed E-state index contributed by atoms with van der Waals surface area (Å²) < 4.78 is 0. The van der Waals surface area contributed by atoms with Gasteiger partial charge in [-0.05, 0) is 61.1 Å². The van der Waals surface area contributed by atoms with E-state index in [2.05, 4.69) is 64.1 Å². The molecule has 0 heterocycles. The summed E-state index contributed by atoms with van der Waals surface area (Å²) in [7, 11) is 0. The Morgan fingerprint density at radius 1 is 0.706 bits per heavy atom. The van der Waals surface area contributed by atoms with Gasteiger partial charge in [0.1, 0.15) is 0 Å². The summed E-state index contributed by atoms with van der Waals surface area (Å²) in [6.07, 6.45) is 0. The molecule has 0 saturated carbocycles. The van der Waals surface area contributed by atoms with Gasteiger partial charge in [-0.2, -0.15) is 0 Å². The van der Waals surface area contributed by atoms with Crippen molar-refractivity contribution in [3.05, 3.63) is 58.7 Å². The van der Waals surface area contributed by atoms with Crippen molar-refractivity contribution in [3.63, 3.8) is 0 Å². The van der Waals surface area contributed by atoms with E-state index in [-0.39, 0.29) is 29.6 Å². The van der Waals surface area contributed by atoms with Crippen molar-refractivity contribution >= 4 is 29.6 Å². The van der Waals surface area contributed by atoms with Gasteiger partial charge in [-0.3, -0.25) is 0 Å². The zero-order chi connectivity index (χ0) is 11.7. The molecule has 2 rings (SSSR count). The molecule has 0 saturated heterocycles. The molecule has 2 aromatic rings. The van der Waals surface area contributed by atoms with E-state index in [0.717, 1.165) is 0 Å². The van der Waals surface area contributed by atoms with Gasteiger partial charge in [0.2, 0.25) is 0 Å². The predicted molar refractivity (Wildman–Crippen MR) is 78.0 cm³/mol. The summed E-state index contributed by atoms with van der Waals surface area (Å²) in [5, 5.41) is 0. The van der Waals surface area contributed by atoms with E-state index in [4.69, 9.17) is 0 Å². The quantitative estimate of drug-likeness (QED) is 0.656. The van der Waals surface area contributed by atoms with Gasteiger partial charge < -0.3 is 0 Å². The van der Waals surface area contributed by atoms with Gasteiger partial charge in [-0.15, -0.1) is 0 Å². The first-order chi connectivity index (χ1) is 7.61. The second-order valence-electron chi connectivity index (χ2n) is 4.48. The van der Waals surface area contributed by atoms with Gasteiger partial charge in [0, 0.05) is 0 Å². The van der Waals surface area contributed by atoms with Crippen LogP contribution in [-0.2, 0) is 0 Å². The van der Waals surface area contributed by atoms with Gasteiger partial charge in [0.25, 0.3) is 0 Å². The van der Waals surface area contributed by atoms with Crippen LogP contribution in [0.25, 0.3) is 11.1 Å². The fraction of sp³-hybridized carbons (Fsp3) is 0.250. The fourth-order valence-electron chi connectivity index (χ4n) is 2.13. The van der Waals surface area contributed by atoms with Crippen LogP contribution in [0.15, 0.2) is 36.4 Å². The van der Waals surface area contributed by atoms with Crippen molar-refractivity contribution in [1.82, 2.24) is 0 Å². The van der Waals surface area contributed by atoms with Gasteiger partial charge in [-0.25, -0.2) is 0 Å². The average molecular weight is 234 g/mol. The number of hydrogen-bond acceptors (Lipinski definition) is 0. The minimum absolute atomic E-state index is 0. The van der Waals surface area contributed by atoms with Gasteiger partial charge in [-0.1, -0.05) is 36.4 Å². The van der Waals surface area contributed by atoms with Crippen LogP contribution in [0.3, 0.4) is 0 Å². The Morgan fingerprint density at radius 2 is 1.29 bits per heavy atom. The van der Waals surface area contributed by atoms with E-state index in [9.17, 15) is 0 Å².